The van der Waals surface area contributed by atoms with Crippen molar-refractivity contribution in [1.29, 1.82) is 0 Å². The summed E-state index contributed by atoms with van der Waals surface area (Å²) in [7, 11) is -3.50. The molecular weight excluding hydrogens is 264 g/mol. The summed E-state index contributed by atoms with van der Waals surface area (Å²) in [5, 5.41) is 6.32. The highest BCUT2D eigenvalue weighted by atomic mass is 32.2. The maximum Gasteiger partial charge on any atom is 0.257 e. The average molecular weight is 286 g/mol. The largest absolute Gasteiger partial charge is 0.326 e. The Kier molecular flexibility index (Phi) is 4.95. The SMILES string of the molecule is NCc1cn[nH]c1S(=O)(=O)NCCCC1CCCC1. The molecule has 2 rings (SSSR count). The summed E-state index contributed by atoms with van der Waals surface area (Å²) in [6.45, 7) is 0.636. The lowest BCUT2D eigenvalue weighted by molar-refractivity contribution is 0.480. The number of aromatic nitrogens is 2. The zero-order valence-electron chi connectivity index (χ0n) is 11.1. The molecule has 19 heavy (non-hydrogen) atoms. The number of nitrogens with zero attached hydrogens (tertiary/aromatic N) is 1. The van der Waals surface area contributed by atoms with Gasteiger partial charge in [0.2, 0.25) is 0 Å². The molecule has 0 aliphatic heterocycles. The van der Waals surface area contributed by atoms with E-state index in [0.29, 0.717) is 12.1 Å². The van der Waals surface area contributed by atoms with Crippen LogP contribution in [0.5, 0.6) is 0 Å². The van der Waals surface area contributed by atoms with Crippen molar-refractivity contribution in [3.05, 3.63) is 11.8 Å². The van der Waals surface area contributed by atoms with E-state index < -0.39 is 10.0 Å². The molecule has 0 aromatic carbocycles. The Morgan fingerprint density at radius 3 is 2.84 bits per heavy atom. The molecule has 0 unspecified atom stereocenters. The molecule has 108 valence electrons. The summed E-state index contributed by atoms with van der Waals surface area (Å²) < 4.78 is 26.7. The van der Waals surface area contributed by atoms with Gasteiger partial charge in [-0.25, -0.2) is 13.1 Å². The van der Waals surface area contributed by atoms with Gasteiger partial charge in [-0.2, -0.15) is 5.10 Å². The summed E-state index contributed by atoms with van der Waals surface area (Å²) in [6, 6.07) is 0. The van der Waals surface area contributed by atoms with Crippen LogP contribution in [0.2, 0.25) is 0 Å². The maximum absolute atomic E-state index is 12.0. The maximum atomic E-state index is 12.0. The molecule has 1 aliphatic rings. The summed E-state index contributed by atoms with van der Waals surface area (Å²) in [4.78, 5) is 0. The van der Waals surface area contributed by atoms with Crippen molar-refractivity contribution in [1.82, 2.24) is 14.9 Å². The highest BCUT2D eigenvalue weighted by Crippen LogP contribution is 2.28. The Morgan fingerprint density at radius 1 is 1.42 bits per heavy atom. The fourth-order valence-electron chi connectivity index (χ4n) is 2.65. The zero-order chi connectivity index (χ0) is 13.7. The molecule has 1 saturated carbocycles. The van der Waals surface area contributed by atoms with E-state index in [4.69, 9.17) is 5.73 Å². The van der Waals surface area contributed by atoms with Crippen molar-refractivity contribution in [3.63, 3.8) is 0 Å². The smallest absolute Gasteiger partial charge is 0.257 e. The van der Waals surface area contributed by atoms with Crippen LogP contribution in [0.4, 0.5) is 0 Å². The second kappa shape index (κ2) is 6.49. The Morgan fingerprint density at radius 2 is 2.16 bits per heavy atom. The van der Waals surface area contributed by atoms with Gasteiger partial charge in [0.25, 0.3) is 10.0 Å². The molecule has 1 fully saturated rings. The van der Waals surface area contributed by atoms with Gasteiger partial charge in [0.15, 0.2) is 5.03 Å². The van der Waals surface area contributed by atoms with Gasteiger partial charge in [-0.1, -0.05) is 25.7 Å². The lowest BCUT2D eigenvalue weighted by atomic mass is 10.0. The zero-order valence-corrected chi connectivity index (χ0v) is 11.9. The first kappa shape index (κ1) is 14.5. The van der Waals surface area contributed by atoms with E-state index in [0.717, 1.165) is 18.8 Å². The van der Waals surface area contributed by atoms with E-state index in [1.807, 2.05) is 0 Å². The van der Waals surface area contributed by atoms with Crippen LogP contribution in [-0.4, -0.2) is 25.2 Å². The van der Waals surface area contributed by atoms with Crippen LogP contribution in [-0.2, 0) is 16.6 Å². The second-order valence-corrected chi connectivity index (χ2v) is 6.82. The number of aromatic amines is 1. The molecule has 0 saturated heterocycles. The number of nitrogens with one attached hydrogen (secondary N) is 2. The third-order valence-electron chi connectivity index (χ3n) is 3.72. The molecule has 1 aliphatic carbocycles. The standard InChI is InChI=1S/C12H22N4O2S/c13-8-11-9-14-16-12(11)19(17,18)15-7-3-6-10-4-1-2-5-10/h9-10,15H,1-8,13H2,(H,14,16). The van der Waals surface area contributed by atoms with Crippen LogP contribution in [0.25, 0.3) is 0 Å². The van der Waals surface area contributed by atoms with Gasteiger partial charge < -0.3 is 5.73 Å². The van der Waals surface area contributed by atoms with Gasteiger partial charge in [-0.05, 0) is 18.8 Å². The molecule has 0 atom stereocenters. The predicted octanol–water partition coefficient (Wildman–Crippen LogP) is 1.12. The summed E-state index contributed by atoms with van der Waals surface area (Å²) >= 11 is 0. The van der Waals surface area contributed by atoms with Crippen molar-refractivity contribution in [2.75, 3.05) is 6.54 Å². The Balaban J connectivity index is 1.81. The molecule has 4 N–H and O–H groups in total. The fourth-order valence-corrected chi connectivity index (χ4v) is 3.86. The summed E-state index contributed by atoms with van der Waals surface area (Å²) in [5.41, 5.74) is 5.99. The van der Waals surface area contributed by atoms with Crippen LogP contribution in [0.1, 0.15) is 44.1 Å². The van der Waals surface area contributed by atoms with E-state index in [1.165, 1.54) is 31.9 Å². The molecule has 7 heteroatoms. The van der Waals surface area contributed by atoms with Gasteiger partial charge in [-0.15, -0.1) is 0 Å². The van der Waals surface area contributed by atoms with Gasteiger partial charge in [0.05, 0.1) is 6.20 Å². The van der Waals surface area contributed by atoms with Crippen molar-refractivity contribution in [3.8, 4) is 0 Å². The minimum atomic E-state index is -3.50. The van der Waals surface area contributed by atoms with Gasteiger partial charge in [0, 0.05) is 18.7 Å². The van der Waals surface area contributed by atoms with Crippen LogP contribution in [0.15, 0.2) is 11.2 Å². The quantitative estimate of drug-likeness (QED) is 0.654. The molecule has 0 amide bonds. The van der Waals surface area contributed by atoms with Gasteiger partial charge >= 0.3 is 0 Å². The van der Waals surface area contributed by atoms with E-state index in [-0.39, 0.29) is 11.6 Å². The summed E-state index contributed by atoms with van der Waals surface area (Å²) in [5.74, 6) is 0.788. The van der Waals surface area contributed by atoms with Crippen LogP contribution in [0, 0.1) is 5.92 Å². The van der Waals surface area contributed by atoms with E-state index in [2.05, 4.69) is 14.9 Å². The number of hydrogen-bond acceptors (Lipinski definition) is 4. The molecule has 6 nitrogen and oxygen atoms in total. The molecule has 0 radical (unpaired) electrons. The van der Waals surface area contributed by atoms with E-state index in [9.17, 15) is 8.42 Å². The molecule has 1 heterocycles. The summed E-state index contributed by atoms with van der Waals surface area (Å²) in [6.07, 6.45) is 8.68. The minimum absolute atomic E-state index is 0.0934. The molecular formula is C12H22N4O2S. The molecule has 1 aromatic rings. The van der Waals surface area contributed by atoms with E-state index in [1.54, 1.807) is 0 Å². The van der Waals surface area contributed by atoms with Crippen molar-refractivity contribution < 1.29 is 8.42 Å². The molecule has 0 spiro atoms. The minimum Gasteiger partial charge on any atom is -0.326 e. The Bertz CT molecular complexity index is 492. The number of hydrogen-bond donors (Lipinski definition) is 3. The van der Waals surface area contributed by atoms with Gasteiger partial charge in [0.1, 0.15) is 0 Å². The van der Waals surface area contributed by atoms with Crippen LogP contribution >= 0.6 is 0 Å². The lowest BCUT2D eigenvalue weighted by Crippen LogP contribution is -2.26. The predicted molar refractivity (Wildman–Crippen MR) is 72.9 cm³/mol. The average Bonchev–Trinajstić information content (AvgIpc) is 3.05. The monoisotopic (exact) mass is 286 g/mol. The topological polar surface area (TPSA) is 101 Å². The first-order valence-corrected chi connectivity index (χ1v) is 8.34. The second-order valence-electron chi connectivity index (χ2n) is 5.12. The number of rotatable bonds is 7. The number of H-pyrrole nitrogens is 1. The fraction of sp³-hybridized carbons (Fsp3) is 0.750. The van der Waals surface area contributed by atoms with Crippen molar-refractivity contribution in [2.45, 2.75) is 50.1 Å². The molecule has 0 bridgehead atoms. The highest BCUT2D eigenvalue weighted by molar-refractivity contribution is 7.89. The van der Waals surface area contributed by atoms with Crippen LogP contribution in [0.3, 0.4) is 0 Å². The third kappa shape index (κ3) is 3.77. The van der Waals surface area contributed by atoms with Gasteiger partial charge in [-0.3, -0.25) is 5.10 Å². The van der Waals surface area contributed by atoms with Crippen LogP contribution < -0.4 is 10.5 Å². The highest BCUT2D eigenvalue weighted by Gasteiger charge is 2.20. The Labute approximate surface area is 114 Å². The number of nitrogens with two attached hydrogens (primary N) is 1. The lowest BCUT2D eigenvalue weighted by Gasteiger charge is -2.09. The van der Waals surface area contributed by atoms with Crippen molar-refractivity contribution in [2.24, 2.45) is 11.7 Å². The Hall–Kier alpha value is -0.920. The molecule has 1 aromatic heterocycles. The number of sulfonamides is 1. The first-order chi connectivity index (χ1) is 9.13. The third-order valence-corrected chi connectivity index (χ3v) is 5.20. The first-order valence-electron chi connectivity index (χ1n) is 6.85. The van der Waals surface area contributed by atoms with Crippen molar-refractivity contribution >= 4 is 10.0 Å². The normalized spacial score (nSPS) is 17.1. The van der Waals surface area contributed by atoms with E-state index >= 15 is 0 Å².